The summed E-state index contributed by atoms with van der Waals surface area (Å²) in [6, 6.07) is -1.83. The van der Waals surface area contributed by atoms with Gasteiger partial charge in [-0.1, -0.05) is 13.2 Å². The summed E-state index contributed by atoms with van der Waals surface area (Å²) in [6.45, 7) is 21.4. The monoisotopic (exact) mass is 622 g/mol. The van der Waals surface area contributed by atoms with Crippen molar-refractivity contribution in [1.29, 1.82) is 0 Å². The van der Waals surface area contributed by atoms with Gasteiger partial charge in [-0.15, -0.1) is 0 Å². The van der Waals surface area contributed by atoms with E-state index in [1.807, 2.05) is 0 Å². The van der Waals surface area contributed by atoms with Crippen molar-refractivity contribution in [2.24, 2.45) is 0 Å². The Morgan fingerprint density at radius 3 is 1.52 bits per heavy atom. The molecule has 0 rings (SSSR count). The van der Waals surface area contributed by atoms with Gasteiger partial charge in [-0.05, 0) is 93.9 Å². The largest absolute Gasteiger partial charge is 0.458 e. The predicted octanol–water partition coefficient (Wildman–Crippen LogP) is 3.78. The molecule has 2 atom stereocenters. The second-order valence-corrected chi connectivity index (χ2v) is 12.9. The highest BCUT2D eigenvalue weighted by Crippen LogP contribution is 2.13. The van der Waals surface area contributed by atoms with Crippen LogP contribution in [0.25, 0.3) is 0 Å². The van der Waals surface area contributed by atoms with E-state index >= 15 is 0 Å². The third kappa shape index (κ3) is 20.2. The molecule has 12 nitrogen and oxygen atoms in total. The first kappa shape index (κ1) is 40.3. The molecule has 250 valence electrons. The number of nitrogens with one attached hydrogen (secondary N) is 4. The Kier molecular flexibility index (Phi) is 17.9. The van der Waals surface area contributed by atoms with E-state index in [0.717, 1.165) is 0 Å². The molecule has 12 heteroatoms. The highest BCUT2D eigenvalue weighted by Gasteiger charge is 2.28. The van der Waals surface area contributed by atoms with Crippen LogP contribution in [0.5, 0.6) is 0 Å². The SMILES string of the molecule is C=C(C)C(=O)NCCCC[C@@H](NC(=O)OC(C)(C)C)C(=O)CCC(=O)N[C@H](CCCCNC(=O)C(=C)C)C(=O)OC(C)(C)C. The van der Waals surface area contributed by atoms with Crippen molar-refractivity contribution in [3.63, 3.8) is 0 Å². The second-order valence-electron chi connectivity index (χ2n) is 12.9. The number of unbranched alkanes of at least 4 members (excludes halogenated alkanes) is 2. The Morgan fingerprint density at radius 1 is 0.636 bits per heavy atom. The Hall–Kier alpha value is -3.70. The van der Waals surface area contributed by atoms with Crippen molar-refractivity contribution in [2.75, 3.05) is 13.1 Å². The normalized spacial score (nSPS) is 12.6. The number of alkyl carbamates (subject to hydrolysis) is 1. The Morgan fingerprint density at radius 2 is 1.09 bits per heavy atom. The summed E-state index contributed by atoms with van der Waals surface area (Å²) in [5.74, 6) is -1.97. The zero-order chi connectivity index (χ0) is 34.1. The maximum absolute atomic E-state index is 13.1. The van der Waals surface area contributed by atoms with Gasteiger partial charge >= 0.3 is 12.1 Å². The molecule has 44 heavy (non-hydrogen) atoms. The molecule has 0 spiro atoms. The van der Waals surface area contributed by atoms with Crippen LogP contribution in [0.2, 0.25) is 0 Å². The fourth-order valence-electron chi connectivity index (χ4n) is 3.72. The summed E-state index contributed by atoms with van der Waals surface area (Å²) >= 11 is 0. The summed E-state index contributed by atoms with van der Waals surface area (Å²) in [7, 11) is 0. The van der Waals surface area contributed by atoms with E-state index in [2.05, 4.69) is 34.4 Å². The zero-order valence-electron chi connectivity index (χ0n) is 27.9. The van der Waals surface area contributed by atoms with Crippen molar-refractivity contribution in [1.82, 2.24) is 21.3 Å². The summed E-state index contributed by atoms with van der Waals surface area (Å²) in [4.78, 5) is 74.5. The van der Waals surface area contributed by atoms with Gasteiger partial charge in [-0.25, -0.2) is 9.59 Å². The third-order valence-electron chi connectivity index (χ3n) is 5.89. The number of ketones is 1. The first-order chi connectivity index (χ1) is 20.2. The minimum absolute atomic E-state index is 0.174. The number of hydrogen-bond donors (Lipinski definition) is 4. The molecular formula is C32H54N4O8. The average molecular weight is 623 g/mol. The van der Waals surface area contributed by atoms with Crippen molar-refractivity contribution >= 4 is 35.6 Å². The average Bonchev–Trinajstić information content (AvgIpc) is 2.87. The number of ether oxygens (including phenoxy) is 2. The first-order valence-corrected chi connectivity index (χ1v) is 15.1. The fraction of sp³-hybridized carbons (Fsp3) is 0.688. The molecule has 0 bridgehead atoms. The second kappa shape index (κ2) is 19.6. The quantitative estimate of drug-likeness (QED) is 0.0959. The molecule has 0 fully saturated rings. The molecule has 0 aliphatic carbocycles. The molecule has 0 aromatic carbocycles. The van der Waals surface area contributed by atoms with Crippen molar-refractivity contribution in [3.05, 3.63) is 24.3 Å². The molecule has 4 amide bonds. The summed E-state index contributed by atoms with van der Waals surface area (Å²) < 4.78 is 10.8. The van der Waals surface area contributed by atoms with Crippen molar-refractivity contribution in [3.8, 4) is 0 Å². The van der Waals surface area contributed by atoms with E-state index in [9.17, 15) is 28.8 Å². The maximum atomic E-state index is 13.1. The number of Topliss-reactive ketones (excluding diaryl/α,β-unsaturated/α-hetero) is 1. The van der Waals surface area contributed by atoms with Gasteiger partial charge in [0.2, 0.25) is 17.7 Å². The van der Waals surface area contributed by atoms with Crippen LogP contribution in [0.1, 0.15) is 107 Å². The van der Waals surface area contributed by atoms with Crippen LogP contribution in [-0.4, -0.2) is 71.9 Å². The van der Waals surface area contributed by atoms with E-state index in [1.165, 1.54) is 0 Å². The molecular weight excluding hydrogens is 568 g/mol. The van der Waals surface area contributed by atoms with E-state index < -0.39 is 41.3 Å². The first-order valence-electron chi connectivity index (χ1n) is 15.1. The van der Waals surface area contributed by atoms with Crippen LogP contribution < -0.4 is 21.3 Å². The molecule has 0 aliphatic rings. The maximum Gasteiger partial charge on any atom is 0.408 e. The van der Waals surface area contributed by atoms with Crippen molar-refractivity contribution in [2.45, 2.75) is 130 Å². The van der Waals surface area contributed by atoms with Crippen LogP contribution in [0.3, 0.4) is 0 Å². The molecule has 0 unspecified atom stereocenters. The van der Waals surface area contributed by atoms with Crippen LogP contribution in [0.4, 0.5) is 4.79 Å². The Labute approximate surface area is 262 Å². The number of amides is 4. The number of carbonyl (C=O) groups excluding carboxylic acids is 6. The zero-order valence-corrected chi connectivity index (χ0v) is 27.9. The fourth-order valence-corrected chi connectivity index (χ4v) is 3.72. The van der Waals surface area contributed by atoms with Gasteiger partial charge < -0.3 is 30.7 Å². The summed E-state index contributed by atoms with van der Waals surface area (Å²) in [6.07, 6.45) is 1.61. The summed E-state index contributed by atoms with van der Waals surface area (Å²) in [5, 5.41) is 10.7. The standard InChI is InChI=1S/C32H54N4O8/c1-21(2)27(39)33-19-13-11-15-23(36-30(42)44-32(8,9)10)25(37)17-18-26(38)35-24(29(41)43-31(5,6)7)16-12-14-20-34-28(40)22(3)4/h23-24H,1,3,11-20H2,2,4-10H3,(H,33,39)(H,34,40)(H,35,38)(H,36,42)/t23-,24-/m1/s1. The van der Waals surface area contributed by atoms with Crippen LogP contribution in [0, 0.1) is 0 Å². The van der Waals surface area contributed by atoms with E-state index in [0.29, 0.717) is 49.9 Å². The van der Waals surface area contributed by atoms with Gasteiger partial charge in [0.15, 0.2) is 5.78 Å². The number of hydrogen-bond acceptors (Lipinski definition) is 8. The van der Waals surface area contributed by atoms with Gasteiger partial charge in [-0.2, -0.15) is 0 Å². The Bertz CT molecular complexity index is 1040. The van der Waals surface area contributed by atoms with Gasteiger partial charge in [0.25, 0.3) is 0 Å². The lowest BCUT2D eigenvalue weighted by atomic mass is 10.0. The number of esters is 1. The molecule has 0 aliphatic heterocycles. The molecule has 0 aromatic rings. The van der Waals surface area contributed by atoms with Gasteiger partial charge in [0.05, 0.1) is 6.04 Å². The highest BCUT2D eigenvalue weighted by atomic mass is 16.6. The van der Waals surface area contributed by atoms with E-state index in [-0.39, 0.29) is 43.3 Å². The molecule has 0 heterocycles. The Balaban J connectivity index is 5.21. The molecule has 4 N–H and O–H groups in total. The van der Waals surface area contributed by atoms with Gasteiger partial charge in [0.1, 0.15) is 17.2 Å². The number of rotatable bonds is 19. The van der Waals surface area contributed by atoms with Gasteiger partial charge in [-0.3, -0.25) is 19.2 Å². The molecule has 0 radical (unpaired) electrons. The van der Waals surface area contributed by atoms with E-state index in [1.54, 1.807) is 55.4 Å². The highest BCUT2D eigenvalue weighted by molar-refractivity contribution is 5.93. The molecule has 0 aromatic heterocycles. The van der Waals surface area contributed by atoms with Crippen LogP contribution >= 0.6 is 0 Å². The van der Waals surface area contributed by atoms with Crippen molar-refractivity contribution < 1.29 is 38.2 Å². The molecule has 0 saturated carbocycles. The topological polar surface area (TPSA) is 169 Å². The molecule has 0 saturated heterocycles. The summed E-state index contributed by atoms with van der Waals surface area (Å²) in [5.41, 5.74) is -0.741. The van der Waals surface area contributed by atoms with Gasteiger partial charge in [0, 0.05) is 37.1 Å². The number of carbonyl (C=O) groups is 6. The lowest BCUT2D eigenvalue weighted by molar-refractivity contribution is -0.159. The minimum atomic E-state index is -0.932. The van der Waals surface area contributed by atoms with E-state index in [4.69, 9.17) is 9.47 Å². The van der Waals surface area contributed by atoms with Crippen LogP contribution in [-0.2, 0) is 33.4 Å². The lowest BCUT2D eigenvalue weighted by Gasteiger charge is -2.25. The lowest BCUT2D eigenvalue weighted by Crippen LogP contribution is -2.45. The van der Waals surface area contributed by atoms with Crippen LogP contribution in [0.15, 0.2) is 24.3 Å². The minimum Gasteiger partial charge on any atom is -0.458 e. The smallest absolute Gasteiger partial charge is 0.408 e. The third-order valence-corrected chi connectivity index (χ3v) is 5.89. The predicted molar refractivity (Wildman–Crippen MR) is 169 cm³/mol.